The van der Waals surface area contributed by atoms with E-state index in [1.807, 2.05) is 0 Å². The Balaban J connectivity index is 0.000000386. The van der Waals surface area contributed by atoms with Crippen LogP contribution < -0.4 is 0 Å². The van der Waals surface area contributed by atoms with Gasteiger partial charge in [0, 0.05) is 0 Å². The summed E-state index contributed by atoms with van der Waals surface area (Å²) in [6.45, 7) is 6.85. The fraction of sp³-hybridized carbons (Fsp3) is 0.385. The van der Waals surface area contributed by atoms with Crippen molar-refractivity contribution in [1.82, 2.24) is 0 Å². The van der Waals surface area contributed by atoms with Gasteiger partial charge in [0.05, 0.1) is 0 Å². The van der Waals surface area contributed by atoms with E-state index < -0.39 is 17.0 Å². The van der Waals surface area contributed by atoms with Crippen molar-refractivity contribution in [3.05, 3.63) is 41.0 Å². The monoisotopic (exact) mass is 290 g/mol. The van der Waals surface area contributed by atoms with E-state index in [0.717, 1.165) is 6.42 Å². The molecule has 1 aliphatic rings. The van der Waals surface area contributed by atoms with Crippen molar-refractivity contribution in [3.63, 3.8) is 0 Å². The predicted octanol–water partition coefficient (Wildman–Crippen LogP) is 5.05. The summed E-state index contributed by atoms with van der Waals surface area (Å²) >= 11 is -0.556. The van der Waals surface area contributed by atoms with E-state index in [4.69, 9.17) is 18.6 Å². The average Bonchev–Trinajstić information content (AvgIpc) is 2.61. The van der Waals surface area contributed by atoms with Crippen LogP contribution in [0, 0.1) is 5.41 Å². The molecule has 0 fully saturated rings. The molecule has 0 spiro atoms. The van der Waals surface area contributed by atoms with Crippen molar-refractivity contribution in [2.24, 2.45) is 5.41 Å². The minimum absolute atomic E-state index is 0.318. The van der Waals surface area contributed by atoms with Crippen LogP contribution >= 0.6 is 18.6 Å². The predicted molar refractivity (Wildman–Crippen MR) is 69.3 cm³/mol. The molecule has 1 aromatic rings. The standard InChI is InChI=1S/C13H16.2ClH.Ti/c1-13(2,3)12-8-10-6-4-5-7-11(10)9-12;;;/h4-8H,9H2,1-3H3;2*1H;/q;;;+2/p-2. The van der Waals surface area contributed by atoms with Crippen molar-refractivity contribution in [3.8, 4) is 0 Å². The van der Waals surface area contributed by atoms with Gasteiger partial charge >= 0.3 is 35.6 Å². The van der Waals surface area contributed by atoms with E-state index in [1.54, 1.807) is 5.57 Å². The summed E-state index contributed by atoms with van der Waals surface area (Å²) in [6.07, 6.45) is 3.48. The molecule has 1 aromatic carbocycles. The summed E-state index contributed by atoms with van der Waals surface area (Å²) < 4.78 is 0. The second kappa shape index (κ2) is 6.26. The molecular weight excluding hydrogens is 275 g/mol. The summed E-state index contributed by atoms with van der Waals surface area (Å²) in [5, 5.41) is 0. The van der Waals surface area contributed by atoms with Crippen LogP contribution in [0.15, 0.2) is 29.8 Å². The summed E-state index contributed by atoms with van der Waals surface area (Å²) in [5.41, 5.74) is 4.76. The maximum absolute atomic E-state index is 4.89. The molecule has 86 valence electrons. The first-order valence-electron chi connectivity index (χ1n) is 5.24. The van der Waals surface area contributed by atoms with Crippen LogP contribution in [0.4, 0.5) is 0 Å². The van der Waals surface area contributed by atoms with Crippen molar-refractivity contribution in [1.29, 1.82) is 0 Å². The van der Waals surface area contributed by atoms with Gasteiger partial charge in [-0.3, -0.25) is 0 Å². The van der Waals surface area contributed by atoms with Crippen LogP contribution in [0.5, 0.6) is 0 Å². The number of allylic oxidation sites excluding steroid dienone is 1. The molecule has 0 atom stereocenters. The molecule has 0 aliphatic heterocycles. The molecule has 0 radical (unpaired) electrons. The van der Waals surface area contributed by atoms with Crippen LogP contribution in [-0.4, -0.2) is 0 Å². The molecule has 0 unspecified atom stereocenters. The van der Waals surface area contributed by atoms with E-state index in [1.165, 1.54) is 11.1 Å². The molecule has 3 heteroatoms. The van der Waals surface area contributed by atoms with Gasteiger partial charge in [-0.2, -0.15) is 0 Å². The molecule has 0 heterocycles. The van der Waals surface area contributed by atoms with Gasteiger partial charge in [-0.25, -0.2) is 0 Å². The number of halogens is 2. The third-order valence-electron chi connectivity index (χ3n) is 2.73. The first kappa shape index (κ1) is 14.3. The SMILES string of the molecule is CC(C)(C)C1=Cc2ccccc2C1.[Cl][Ti][Cl]. The van der Waals surface area contributed by atoms with E-state index in [-0.39, 0.29) is 0 Å². The van der Waals surface area contributed by atoms with Crippen LogP contribution in [0.3, 0.4) is 0 Å². The summed E-state index contributed by atoms with van der Waals surface area (Å²) in [5.74, 6) is 0. The Labute approximate surface area is 115 Å². The van der Waals surface area contributed by atoms with Crippen LogP contribution in [0.2, 0.25) is 0 Å². The van der Waals surface area contributed by atoms with E-state index in [2.05, 4.69) is 51.1 Å². The Morgan fingerprint density at radius 1 is 1.12 bits per heavy atom. The second-order valence-electron chi connectivity index (χ2n) is 4.87. The number of rotatable bonds is 0. The Morgan fingerprint density at radius 2 is 1.69 bits per heavy atom. The Kier molecular flexibility index (Phi) is 5.60. The number of benzene rings is 1. The molecule has 0 bridgehead atoms. The van der Waals surface area contributed by atoms with Crippen LogP contribution in [-0.2, 0) is 23.5 Å². The third-order valence-corrected chi connectivity index (χ3v) is 2.73. The molecule has 0 N–H and O–H groups in total. The van der Waals surface area contributed by atoms with Crippen molar-refractivity contribution in [2.45, 2.75) is 27.2 Å². The second-order valence-corrected chi connectivity index (χ2v) is 7.45. The number of hydrogen-bond acceptors (Lipinski definition) is 0. The maximum atomic E-state index is 4.89. The molecule has 0 nitrogen and oxygen atoms in total. The quantitative estimate of drug-likeness (QED) is 0.587. The van der Waals surface area contributed by atoms with Crippen molar-refractivity contribution >= 4 is 24.7 Å². The van der Waals surface area contributed by atoms with Gasteiger partial charge in [0.2, 0.25) is 0 Å². The summed E-state index contributed by atoms with van der Waals surface area (Å²) in [7, 11) is 9.78. The van der Waals surface area contributed by atoms with Crippen molar-refractivity contribution in [2.75, 3.05) is 0 Å². The molecule has 1 aliphatic carbocycles. The Hall–Kier alpha value is 0.254. The van der Waals surface area contributed by atoms with Crippen LogP contribution in [0.25, 0.3) is 6.08 Å². The zero-order valence-corrected chi connectivity index (χ0v) is 12.9. The van der Waals surface area contributed by atoms with E-state index in [9.17, 15) is 0 Å². The third kappa shape index (κ3) is 3.93. The molecule has 0 saturated carbocycles. The number of fused-ring (bicyclic) bond motifs is 1. The zero-order chi connectivity index (χ0) is 12.2. The topological polar surface area (TPSA) is 0 Å². The minimum atomic E-state index is -0.556. The Morgan fingerprint density at radius 3 is 2.19 bits per heavy atom. The fourth-order valence-electron chi connectivity index (χ4n) is 1.76. The molecule has 0 aromatic heterocycles. The Bertz CT molecular complexity index is 378. The normalized spacial score (nSPS) is 13.4. The molecule has 16 heavy (non-hydrogen) atoms. The van der Waals surface area contributed by atoms with Gasteiger partial charge in [0.15, 0.2) is 0 Å². The van der Waals surface area contributed by atoms with Gasteiger partial charge < -0.3 is 0 Å². The fourth-order valence-corrected chi connectivity index (χ4v) is 1.76. The molecule has 2 rings (SSSR count). The first-order valence-corrected chi connectivity index (χ1v) is 9.54. The van der Waals surface area contributed by atoms with Gasteiger partial charge in [-0.05, 0) is 23.0 Å². The van der Waals surface area contributed by atoms with E-state index in [0.29, 0.717) is 5.41 Å². The average molecular weight is 291 g/mol. The summed E-state index contributed by atoms with van der Waals surface area (Å²) in [6, 6.07) is 8.66. The van der Waals surface area contributed by atoms with Gasteiger partial charge in [-0.1, -0.05) is 56.7 Å². The molecule has 0 amide bonds. The molecular formula is C13H16Cl2Ti. The van der Waals surface area contributed by atoms with E-state index >= 15 is 0 Å². The summed E-state index contributed by atoms with van der Waals surface area (Å²) in [4.78, 5) is 0. The number of hydrogen-bond donors (Lipinski definition) is 0. The van der Waals surface area contributed by atoms with Crippen molar-refractivity contribution < 1.29 is 17.0 Å². The van der Waals surface area contributed by atoms with Gasteiger partial charge in [-0.15, -0.1) is 0 Å². The van der Waals surface area contributed by atoms with Gasteiger partial charge in [0.25, 0.3) is 0 Å². The molecule has 0 saturated heterocycles. The van der Waals surface area contributed by atoms with Crippen LogP contribution in [0.1, 0.15) is 31.9 Å². The first-order chi connectivity index (χ1) is 7.49. The zero-order valence-electron chi connectivity index (χ0n) is 9.85. The van der Waals surface area contributed by atoms with Gasteiger partial charge in [0.1, 0.15) is 0 Å².